The van der Waals surface area contributed by atoms with E-state index in [1.165, 1.54) is 19.2 Å². The molecule has 1 aromatic carbocycles. The fourth-order valence-corrected chi connectivity index (χ4v) is 3.84. The Morgan fingerprint density at radius 2 is 2.05 bits per heavy atom. The molecule has 0 atom stereocenters. The summed E-state index contributed by atoms with van der Waals surface area (Å²) in [5, 5.41) is 1.55. The van der Waals surface area contributed by atoms with Gasteiger partial charge in [0.05, 0.1) is 18.4 Å². The minimum absolute atomic E-state index is 0.114. The van der Waals surface area contributed by atoms with Crippen LogP contribution in [-0.2, 0) is 14.8 Å². The lowest BCUT2D eigenvalue weighted by Crippen LogP contribution is -2.13. The van der Waals surface area contributed by atoms with E-state index in [9.17, 15) is 13.2 Å². The summed E-state index contributed by atoms with van der Waals surface area (Å²) in [6, 6.07) is 6.04. The van der Waals surface area contributed by atoms with Crippen LogP contribution < -0.4 is 10.5 Å². The van der Waals surface area contributed by atoms with Crippen LogP contribution in [0.3, 0.4) is 0 Å². The van der Waals surface area contributed by atoms with Gasteiger partial charge in [0.2, 0.25) is 0 Å². The van der Waals surface area contributed by atoms with E-state index in [4.69, 9.17) is 5.73 Å². The summed E-state index contributed by atoms with van der Waals surface area (Å²) in [6.07, 6.45) is 0. The zero-order chi connectivity index (χ0) is 15.6. The highest BCUT2D eigenvalue weighted by Crippen LogP contribution is 2.26. The van der Waals surface area contributed by atoms with Gasteiger partial charge in [-0.05, 0) is 30.7 Å². The number of ether oxygens (including phenoxy) is 1. The van der Waals surface area contributed by atoms with Crippen LogP contribution in [0.1, 0.15) is 15.9 Å². The minimum Gasteiger partial charge on any atom is -0.465 e. The molecule has 0 spiro atoms. The van der Waals surface area contributed by atoms with Crippen molar-refractivity contribution in [3.63, 3.8) is 0 Å². The molecule has 0 aliphatic carbocycles. The highest BCUT2D eigenvalue weighted by molar-refractivity contribution is 7.94. The first-order chi connectivity index (χ1) is 9.83. The molecule has 0 amide bonds. The Bertz CT molecular complexity index is 781. The fourth-order valence-electron chi connectivity index (χ4n) is 1.64. The van der Waals surface area contributed by atoms with Crippen LogP contribution in [-0.4, -0.2) is 21.5 Å². The van der Waals surface area contributed by atoms with Crippen molar-refractivity contribution < 1.29 is 17.9 Å². The van der Waals surface area contributed by atoms with Crippen LogP contribution in [0.25, 0.3) is 0 Å². The summed E-state index contributed by atoms with van der Waals surface area (Å²) in [4.78, 5) is 11.5. The van der Waals surface area contributed by atoms with Gasteiger partial charge in [0.1, 0.15) is 4.21 Å². The first-order valence-corrected chi connectivity index (χ1v) is 8.25. The third-order valence-corrected chi connectivity index (χ3v) is 5.59. The van der Waals surface area contributed by atoms with Crippen LogP contribution in [0.5, 0.6) is 0 Å². The molecular formula is C13H14N2O4S2. The zero-order valence-corrected chi connectivity index (χ0v) is 13.0. The van der Waals surface area contributed by atoms with Crippen molar-refractivity contribution >= 4 is 38.7 Å². The van der Waals surface area contributed by atoms with E-state index in [-0.39, 0.29) is 9.77 Å². The smallest absolute Gasteiger partial charge is 0.337 e. The molecule has 0 radical (unpaired) electrons. The molecule has 0 aliphatic rings. The Morgan fingerprint density at radius 1 is 1.33 bits per heavy atom. The number of rotatable bonds is 4. The van der Waals surface area contributed by atoms with E-state index in [1.807, 2.05) is 0 Å². The zero-order valence-electron chi connectivity index (χ0n) is 11.4. The van der Waals surface area contributed by atoms with Gasteiger partial charge in [0.25, 0.3) is 10.0 Å². The SMILES string of the molecule is COC(=O)c1ccc(C)c(NS(=O)(=O)c2cc(N)cs2)c1. The van der Waals surface area contributed by atoms with Gasteiger partial charge in [-0.1, -0.05) is 6.07 Å². The number of benzene rings is 1. The number of sulfonamides is 1. The summed E-state index contributed by atoms with van der Waals surface area (Å²) < 4.78 is 31.7. The molecule has 1 heterocycles. The van der Waals surface area contributed by atoms with Crippen molar-refractivity contribution in [3.8, 4) is 0 Å². The van der Waals surface area contributed by atoms with Crippen molar-refractivity contribution in [2.24, 2.45) is 0 Å². The predicted octanol–water partition coefficient (Wildman–Crippen LogP) is 2.23. The number of hydrogen-bond acceptors (Lipinski definition) is 6. The number of esters is 1. The molecule has 0 aliphatic heterocycles. The Morgan fingerprint density at radius 3 is 2.62 bits per heavy atom. The van der Waals surface area contributed by atoms with E-state index in [2.05, 4.69) is 9.46 Å². The van der Waals surface area contributed by atoms with E-state index < -0.39 is 16.0 Å². The number of carbonyl (C=O) groups excluding carboxylic acids is 1. The fraction of sp³-hybridized carbons (Fsp3) is 0.154. The molecule has 1 aromatic heterocycles. The van der Waals surface area contributed by atoms with Crippen LogP contribution in [0.2, 0.25) is 0 Å². The van der Waals surface area contributed by atoms with E-state index in [0.29, 0.717) is 16.9 Å². The largest absolute Gasteiger partial charge is 0.465 e. The molecule has 112 valence electrons. The first-order valence-electron chi connectivity index (χ1n) is 5.89. The van der Waals surface area contributed by atoms with Crippen LogP contribution in [0.4, 0.5) is 11.4 Å². The second-order valence-electron chi connectivity index (χ2n) is 4.33. The quantitative estimate of drug-likeness (QED) is 0.840. The average molecular weight is 326 g/mol. The second kappa shape index (κ2) is 5.74. The van der Waals surface area contributed by atoms with Gasteiger partial charge >= 0.3 is 5.97 Å². The molecule has 2 rings (SSSR count). The summed E-state index contributed by atoms with van der Waals surface area (Å²) in [5.74, 6) is -0.532. The lowest BCUT2D eigenvalue weighted by Gasteiger charge is -2.10. The van der Waals surface area contributed by atoms with Gasteiger partial charge in [-0.2, -0.15) is 0 Å². The average Bonchev–Trinajstić information content (AvgIpc) is 2.87. The van der Waals surface area contributed by atoms with Crippen LogP contribution >= 0.6 is 11.3 Å². The standard InChI is InChI=1S/C13H14N2O4S2/c1-8-3-4-9(13(16)19-2)5-11(8)15-21(17,18)12-6-10(14)7-20-12/h3-7,15H,14H2,1-2H3. The van der Waals surface area contributed by atoms with Gasteiger partial charge < -0.3 is 10.5 Å². The maximum atomic E-state index is 12.2. The molecule has 0 fully saturated rings. The monoisotopic (exact) mass is 326 g/mol. The third kappa shape index (κ3) is 3.34. The number of thiophene rings is 1. The van der Waals surface area contributed by atoms with Crippen molar-refractivity contribution in [3.05, 3.63) is 40.8 Å². The number of anilines is 2. The second-order valence-corrected chi connectivity index (χ2v) is 7.15. The molecule has 8 heteroatoms. The molecule has 6 nitrogen and oxygen atoms in total. The van der Waals surface area contributed by atoms with Gasteiger partial charge in [0, 0.05) is 11.1 Å². The molecule has 3 N–H and O–H groups in total. The minimum atomic E-state index is -3.73. The molecular weight excluding hydrogens is 312 g/mol. The number of methoxy groups -OCH3 is 1. The maximum Gasteiger partial charge on any atom is 0.337 e. The number of hydrogen-bond donors (Lipinski definition) is 2. The molecule has 21 heavy (non-hydrogen) atoms. The van der Waals surface area contributed by atoms with E-state index in [1.54, 1.807) is 24.4 Å². The highest BCUT2D eigenvalue weighted by atomic mass is 32.2. The number of nitrogen functional groups attached to an aromatic ring is 1. The third-order valence-electron chi connectivity index (χ3n) is 2.76. The normalized spacial score (nSPS) is 11.1. The first kappa shape index (κ1) is 15.3. The molecule has 0 bridgehead atoms. The van der Waals surface area contributed by atoms with Gasteiger partial charge in [-0.25, -0.2) is 13.2 Å². The number of nitrogens with two attached hydrogens (primary N) is 1. The number of carbonyl (C=O) groups is 1. The molecule has 0 saturated heterocycles. The Kier molecular flexibility index (Phi) is 4.19. The summed E-state index contributed by atoms with van der Waals surface area (Å²) in [5.41, 5.74) is 7.21. The number of nitrogens with one attached hydrogen (secondary N) is 1. The maximum absolute atomic E-state index is 12.2. The van der Waals surface area contributed by atoms with Crippen LogP contribution in [0.15, 0.2) is 33.9 Å². The van der Waals surface area contributed by atoms with Gasteiger partial charge in [0.15, 0.2) is 0 Å². The van der Waals surface area contributed by atoms with Crippen molar-refractivity contribution in [2.75, 3.05) is 17.6 Å². The van der Waals surface area contributed by atoms with Crippen molar-refractivity contribution in [2.45, 2.75) is 11.1 Å². The van der Waals surface area contributed by atoms with E-state index in [0.717, 1.165) is 11.3 Å². The van der Waals surface area contributed by atoms with Crippen molar-refractivity contribution in [1.82, 2.24) is 0 Å². The molecule has 0 unspecified atom stereocenters. The topological polar surface area (TPSA) is 98.5 Å². The lowest BCUT2D eigenvalue weighted by atomic mass is 10.1. The van der Waals surface area contributed by atoms with E-state index >= 15 is 0 Å². The number of aryl methyl sites for hydroxylation is 1. The predicted molar refractivity (Wildman–Crippen MR) is 82.1 cm³/mol. The highest BCUT2D eigenvalue weighted by Gasteiger charge is 2.18. The van der Waals surface area contributed by atoms with Gasteiger partial charge in [-0.3, -0.25) is 4.72 Å². The Labute approximate surface area is 126 Å². The van der Waals surface area contributed by atoms with Crippen molar-refractivity contribution in [1.29, 1.82) is 0 Å². The molecule has 0 saturated carbocycles. The van der Waals surface area contributed by atoms with Gasteiger partial charge in [-0.15, -0.1) is 11.3 Å². The lowest BCUT2D eigenvalue weighted by molar-refractivity contribution is 0.0601. The van der Waals surface area contributed by atoms with Crippen LogP contribution in [0, 0.1) is 6.92 Å². The Hall–Kier alpha value is -2.06. The Balaban J connectivity index is 2.37. The molecule has 2 aromatic rings. The summed E-state index contributed by atoms with van der Waals surface area (Å²) in [7, 11) is -2.46. The summed E-state index contributed by atoms with van der Waals surface area (Å²) >= 11 is 1.03. The summed E-state index contributed by atoms with van der Waals surface area (Å²) in [6.45, 7) is 1.74.